The van der Waals surface area contributed by atoms with E-state index in [0.29, 0.717) is 0 Å². The van der Waals surface area contributed by atoms with E-state index in [-0.39, 0.29) is 0 Å². The van der Waals surface area contributed by atoms with Crippen LogP contribution < -0.4 is 4.74 Å². The molecular formula is C53H39N3O. The van der Waals surface area contributed by atoms with Crippen LogP contribution in [0.2, 0.25) is 0 Å². The van der Waals surface area contributed by atoms with Crippen LogP contribution in [-0.2, 0) is 13.5 Å². The van der Waals surface area contributed by atoms with Crippen LogP contribution in [0, 0.1) is 6.92 Å². The summed E-state index contributed by atoms with van der Waals surface area (Å²) < 4.78 is 11.4. The van der Waals surface area contributed by atoms with Crippen molar-refractivity contribution < 1.29 is 4.74 Å². The minimum Gasteiger partial charge on any atom is -0.457 e. The monoisotopic (exact) mass is 733 g/mol. The SMILES string of the molecule is C=C(Cc1ccc2[nH]c3ccccc3c2c1)c1ccccc1-c1cc(Oc2ccc3c(c2)c2ccccc2n3-c2ccc3c(c2)c2ccccc2n3C)ccc1C. The van der Waals surface area contributed by atoms with Gasteiger partial charge in [0.15, 0.2) is 0 Å². The molecule has 3 heterocycles. The van der Waals surface area contributed by atoms with E-state index in [2.05, 4.69) is 205 Å². The number of para-hydroxylation sites is 3. The Morgan fingerprint density at radius 3 is 2.04 bits per heavy atom. The molecule has 0 saturated heterocycles. The number of aromatic nitrogens is 3. The summed E-state index contributed by atoms with van der Waals surface area (Å²) in [6.45, 7) is 6.79. The molecule has 0 spiro atoms. The van der Waals surface area contributed by atoms with Gasteiger partial charge in [-0.25, -0.2) is 0 Å². The maximum atomic E-state index is 6.70. The molecule has 3 aromatic heterocycles. The van der Waals surface area contributed by atoms with Crippen molar-refractivity contribution in [2.45, 2.75) is 13.3 Å². The van der Waals surface area contributed by atoms with Crippen LogP contribution in [0.3, 0.4) is 0 Å². The van der Waals surface area contributed by atoms with Crippen molar-refractivity contribution in [1.29, 1.82) is 0 Å². The molecule has 0 saturated carbocycles. The van der Waals surface area contributed by atoms with Gasteiger partial charge in [0.2, 0.25) is 0 Å². The summed E-state index contributed by atoms with van der Waals surface area (Å²) in [4.78, 5) is 3.55. The van der Waals surface area contributed by atoms with Crippen LogP contribution in [0.5, 0.6) is 11.5 Å². The van der Waals surface area contributed by atoms with Crippen molar-refractivity contribution in [1.82, 2.24) is 14.1 Å². The number of nitrogens with zero attached hydrogens (tertiary/aromatic N) is 2. The number of benzene rings is 8. The third kappa shape index (κ3) is 5.37. The molecule has 11 rings (SSSR count). The predicted molar refractivity (Wildman–Crippen MR) is 240 cm³/mol. The minimum absolute atomic E-state index is 0.755. The molecule has 0 bridgehead atoms. The van der Waals surface area contributed by atoms with Gasteiger partial charge in [0.05, 0.1) is 11.0 Å². The van der Waals surface area contributed by atoms with Crippen LogP contribution in [0.15, 0.2) is 176 Å². The third-order valence-corrected chi connectivity index (χ3v) is 11.8. The fraction of sp³-hybridized carbons (Fsp3) is 0.0566. The summed E-state index contributed by atoms with van der Waals surface area (Å²) in [6, 6.07) is 60.8. The highest BCUT2D eigenvalue weighted by Gasteiger charge is 2.17. The lowest BCUT2D eigenvalue weighted by atomic mass is 9.90. The maximum absolute atomic E-state index is 6.70. The van der Waals surface area contributed by atoms with Gasteiger partial charge in [0.1, 0.15) is 11.5 Å². The molecule has 0 radical (unpaired) electrons. The molecule has 11 aromatic rings. The molecule has 0 unspecified atom stereocenters. The first-order valence-electron chi connectivity index (χ1n) is 19.5. The van der Waals surface area contributed by atoms with E-state index in [0.717, 1.165) is 67.8 Å². The van der Waals surface area contributed by atoms with Crippen molar-refractivity contribution in [2.24, 2.45) is 7.05 Å². The molecule has 1 N–H and O–H groups in total. The average Bonchev–Trinajstić information content (AvgIpc) is 3.88. The van der Waals surface area contributed by atoms with Gasteiger partial charge in [-0.2, -0.15) is 0 Å². The van der Waals surface area contributed by atoms with Crippen molar-refractivity contribution in [3.63, 3.8) is 0 Å². The van der Waals surface area contributed by atoms with Gasteiger partial charge in [-0.1, -0.05) is 97.6 Å². The Labute approximate surface area is 330 Å². The highest BCUT2D eigenvalue weighted by molar-refractivity contribution is 6.12. The van der Waals surface area contributed by atoms with E-state index >= 15 is 0 Å². The number of hydrogen-bond acceptors (Lipinski definition) is 1. The summed E-state index contributed by atoms with van der Waals surface area (Å²) in [7, 11) is 2.15. The lowest BCUT2D eigenvalue weighted by Gasteiger charge is -2.16. The lowest BCUT2D eigenvalue weighted by molar-refractivity contribution is 0.483. The highest BCUT2D eigenvalue weighted by Crippen LogP contribution is 2.39. The zero-order valence-electron chi connectivity index (χ0n) is 31.9. The molecule has 0 aliphatic heterocycles. The number of nitrogens with one attached hydrogen (secondary N) is 1. The molecule has 8 aromatic carbocycles. The molecule has 272 valence electrons. The Balaban J connectivity index is 0.931. The van der Waals surface area contributed by atoms with Gasteiger partial charge in [0, 0.05) is 67.1 Å². The molecule has 4 nitrogen and oxygen atoms in total. The number of aryl methyl sites for hydroxylation is 2. The van der Waals surface area contributed by atoms with Crippen LogP contribution in [0.4, 0.5) is 0 Å². The first-order valence-corrected chi connectivity index (χ1v) is 19.5. The summed E-state index contributed by atoms with van der Waals surface area (Å²) in [5, 5.41) is 7.36. The van der Waals surface area contributed by atoms with Crippen LogP contribution >= 0.6 is 0 Å². The summed E-state index contributed by atoms with van der Waals surface area (Å²) in [5.74, 6) is 1.60. The highest BCUT2D eigenvalue weighted by atomic mass is 16.5. The molecule has 4 heteroatoms. The number of hydrogen-bond donors (Lipinski definition) is 1. The van der Waals surface area contributed by atoms with E-state index in [1.54, 1.807) is 0 Å². The summed E-state index contributed by atoms with van der Waals surface area (Å²) in [5.41, 5.74) is 15.2. The Bertz CT molecular complexity index is 3410. The smallest absolute Gasteiger partial charge is 0.128 e. The van der Waals surface area contributed by atoms with Gasteiger partial charge in [-0.05, 0) is 126 Å². The molecular weight excluding hydrogens is 695 g/mol. The number of fused-ring (bicyclic) bond motifs is 9. The Morgan fingerprint density at radius 2 is 1.16 bits per heavy atom. The van der Waals surface area contributed by atoms with Crippen molar-refractivity contribution in [3.8, 4) is 28.3 Å². The van der Waals surface area contributed by atoms with Crippen LogP contribution in [-0.4, -0.2) is 14.1 Å². The van der Waals surface area contributed by atoms with Gasteiger partial charge < -0.3 is 18.9 Å². The van der Waals surface area contributed by atoms with Gasteiger partial charge >= 0.3 is 0 Å². The second kappa shape index (κ2) is 12.9. The van der Waals surface area contributed by atoms with E-state index < -0.39 is 0 Å². The molecule has 0 aliphatic rings. The predicted octanol–water partition coefficient (Wildman–Crippen LogP) is 14.1. The van der Waals surface area contributed by atoms with Crippen molar-refractivity contribution >= 4 is 71.0 Å². The second-order valence-electron chi connectivity index (χ2n) is 15.3. The fourth-order valence-electron chi connectivity index (χ4n) is 9.05. The average molecular weight is 734 g/mol. The van der Waals surface area contributed by atoms with Gasteiger partial charge in [-0.3, -0.25) is 0 Å². The van der Waals surface area contributed by atoms with E-state index in [4.69, 9.17) is 4.74 Å². The quantitative estimate of drug-likeness (QED) is 0.174. The number of rotatable bonds is 7. The Kier molecular flexibility index (Phi) is 7.48. The largest absolute Gasteiger partial charge is 0.457 e. The standard InChI is InChI=1S/C53H39N3O/c1-33-20-23-37(31-44(33)40-13-5-4-12-39(40)34(2)28-35-21-25-49-45(29-35)41-14-6-9-17-48(41)54-49)57-38-24-27-53-47(32-38)43-16-8-11-19-52(43)56(53)36-22-26-51-46(30-36)42-15-7-10-18-50(42)55(51)3/h4-27,29-32,54H,2,28H2,1,3H3. The normalized spacial score (nSPS) is 11.8. The molecule has 0 amide bonds. The van der Waals surface area contributed by atoms with E-state index in [1.807, 2.05) is 0 Å². The lowest BCUT2D eigenvalue weighted by Crippen LogP contribution is -1.95. The molecule has 0 atom stereocenters. The molecule has 0 aliphatic carbocycles. The summed E-state index contributed by atoms with van der Waals surface area (Å²) in [6.07, 6.45) is 0.755. The Morgan fingerprint density at radius 1 is 0.526 bits per heavy atom. The van der Waals surface area contributed by atoms with E-state index in [9.17, 15) is 0 Å². The van der Waals surface area contributed by atoms with Gasteiger partial charge in [0.25, 0.3) is 0 Å². The number of aromatic amines is 1. The number of H-pyrrole nitrogens is 1. The minimum atomic E-state index is 0.755. The zero-order valence-corrected chi connectivity index (χ0v) is 31.9. The number of ether oxygens (including phenoxy) is 1. The van der Waals surface area contributed by atoms with Crippen molar-refractivity contribution in [2.75, 3.05) is 0 Å². The zero-order chi connectivity index (χ0) is 38.2. The topological polar surface area (TPSA) is 34.9 Å². The molecule has 57 heavy (non-hydrogen) atoms. The fourth-order valence-corrected chi connectivity index (χ4v) is 9.05. The summed E-state index contributed by atoms with van der Waals surface area (Å²) >= 11 is 0. The molecule has 0 fully saturated rings. The van der Waals surface area contributed by atoms with Crippen LogP contribution in [0.1, 0.15) is 16.7 Å². The van der Waals surface area contributed by atoms with E-state index in [1.165, 1.54) is 54.6 Å². The second-order valence-corrected chi connectivity index (χ2v) is 15.3. The Hall–Kier alpha value is -7.30. The van der Waals surface area contributed by atoms with Gasteiger partial charge in [-0.15, -0.1) is 0 Å². The first kappa shape index (κ1) is 33.1. The van der Waals surface area contributed by atoms with Crippen LogP contribution in [0.25, 0.3) is 87.8 Å². The van der Waals surface area contributed by atoms with Crippen molar-refractivity contribution in [3.05, 3.63) is 193 Å². The maximum Gasteiger partial charge on any atom is 0.128 e. The first-order chi connectivity index (χ1) is 28.0. The third-order valence-electron chi connectivity index (χ3n) is 11.8. The number of allylic oxidation sites excluding steroid dienone is 1.